The number of urea groups is 1. The molecule has 2 aromatic rings. The fourth-order valence-corrected chi connectivity index (χ4v) is 6.15. The van der Waals surface area contributed by atoms with E-state index in [1.54, 1.807) is 11.3 Å². The SMILES string of the molecule is O=C(CCN1C(=O)NC2(CCCC2)C1=O)NC(c1ccc2c(c1)CCCC2)c1cccs1. The quantitative estimate of drug-likeness (QED) is 0.650. The minimum absolute atomic E-state index is 0.0993. The zero-order chi connectivity index (χ0) is 22.1. The maximum Gasteiger partial charge on any atom is 0.325 e. The summed E-state index contributed by atoms with van der Waals surface area (Å²) in [6.45, 7) is 0.111. The highest BCUT2D eigenvalue weighted by Crippen LogP contribution is 2.35. The van der Waals surface area contributed by atoms with Crippen molar-refractivity contribution in [2.45, 2.75) is 69.4 Å². The van der Waals surface area contributed by atoms with Gasteiger partial charge in [-0.25, -0.2) is 4.79 Å². The molecule has 7 heteroatoms. The standard InChI is InChI=1S/C25H29N3O3S/c29-21(11-14-28-23(30)25(27-24(28)31)12-3-4-13-25)26-22(20-8-5-15-32-20)19-10-9-17-6-1-2-7-18(17)16-19/h5,8-10,15-16,22H,1-4,6-7,11-14H2,(H,26,29)(H,27,31). The third-order valence-electron chi connectivity index (χ3n) is 7.10. The number of benzene rings is 1. The first kappa shape index (κ1) is 21.2. The van der Waals surface area contributed by atoms with E-state index < -0.39 is 5.54 Å². The molecule has 1 unspecified atom stereocenters. The number of carbonyl (C=O) groups excluding carboxylic acids is 3. The summed E-state index contributed by atoms with van der Waals surface area (Å²) < 4.78 is 0. The number of rotatable bonds is 6. The summed E-state index contributed by atoms with van der Waals surface area (Å²) in [6, 6.07) is 10.00. The Morgan fingerprint density at radius 2 is 1.88 bits per heavy atom. The van der Waals surface area contributed by atoms with E-state index >= 15 is 0 Å². The Bertz CT molecular complexity index is 1030. The maximum atomic E-state index is 12.9. The highest BCUT2D eigenvalue weighted by molar-refractivity contribution is 7.10. The largest absolute Gasteiger partial charge is 0.344 e. The summed E-state index contributed by atoms with van der Waals surface area (Å²) in [4.78, 5) is 40.4. The molecule has 4 amide bonds. The van der Waals surface area contributed by atoms with Gasteiger partial charge in [-0.1, -0.05) is 37.1 Å². The number of imide groups is 1. The number of nitrogens with zero attached hydrogens (tertiary/aromatic N) is 1. The van der Waals surface area contributed by atoms with Crippen molar-refractivity contribution < 1.29 is 14.4 Å². The van der Waals surface area contributed by atoms with Crippen LogP contribution in [0.4, 0.5) is 4.79 Å². The Morgan fingerprint density at radius 1 is 1.09 bits per heavy atom. The van der Waals surface area contributed by atoms with Gasteiger partial charge in [-0.15, -0.1) is 11.3 Å². The number of nitrogens with one attached hydrogen (secondary N) is 2. The van der Waals surface area contributed by atoms with Gasteiger partial charge in [0.25, 0.3) is 5.91 Å². The molecule has 1 saturated carbocycles. The van der Waals surface area contributed by atoms with Gasteiger partial charge >= 0.3 is 6.03 Å². The van der Waals surface area contributed by atoms with E-state index in [9.17, 15) is 14.4 Å². The summed E-state index contributed by atoms with van der Waals surface area (Å²) in [7, 11) is 0. The Kier molecular flexibility index (Phi) is 5.76. The molecule has 2 heterocycles. The van der Waals surface area contributed by atoms with Gasteiger partial charge in [-0.2, -0.15) is 0 Å². The van der Waals surface area contributed by atoms with Crippen molar-refractivity contribution in [2.24, 2.45) is 0 Å². The van der Waals surface area contributed by atoms with Crippen LogP contribution in [-0.2, 0) is 22.4 Å². The second-order valence-electron chi connectivity index (χ2n) is 9.18. The first-order valence-corrected chi connectivity index (χ1v) is 12.5. The summed E-state index contributed by atoms with van der Waals surface area (Å²) >= 11 is 1.62. The van der Waals surface area contributed by atoms with E-state index in [1.807, 2.05) is 17.5 Å². The van der Waals surface area contributed by atoms with Gasteiger partial charge < -0.3 is 10.6 Å². The molecule has 168 valence electrons. The lowest BCUT2D eigenvalue weighted by molar-refractivity contribution is -0.131. The first-order valence-electron chi connectivity index (χ1n) is 11.6. The van der Waals surface area contributed by atoms with Gasteiger partial charge in [0, 0.05) is 17.8 Å². The van der Waals surface area contributed by atoms with Crippen LogP contribution < -0.4 is 10.6 Å². The van der Waals surface area contributed by atoms with Crippen molar-refractivity contribution in [1.82, 2.24) is 15.5 Å². The molecule has 6 nitrogen and oxygen atoms in total. The fourth-order valence-electron chi connectivity index (χ4n) is 5.35. The van der Waals surface area contributed by atoms with Gasteiger partial charge in [0.1, 0.15) is 5.54 Å². The number of amides is 4. The third-order valence-corrected chi connectivity index (χ3v) is 8.04. The summed E-state index contributed by atoms with van der Waals surface area (Å²) in [6.07, 6.45) is 8.04. The van der Waals surface area contributed by atoms with Crippen LogP contribution in [0, 0.1) is 0 Å². The van der Waals surface area contributed by atoms with Crippen molar-refractivity contribution in [3.63, 3.8) is 0 Å². The fraction of sp³-hybridized carbons (Fsp3) is 0.480. The number of carbonyl (C=O) groups is 3. The summed E-state index contributed by atoms with van der Waals surface area (Å²) in [5, 5.41) is 8.05. The zero-order valence-electron chi connectivity index (χ0n) is 18.2. The van der Waals surface area contributed by atoms with Crippen molar-refractivity contribution in [1.29, 1.82) is 0 Å². The number of aryl methyl sites for hydroxylation is 2. The monoisotopic (exact) mass is 451 g/mol. The van der Waals surface area contributed by atoms with Crippen molar-refractivity contribution in [2.75, 3.05) is 6.54 Å². The molecule has 2 fully saturated rings. The molecule has 1 aliphatic heterocycles. The van der Waals surface area contributed by atoms with Crippen molar-refractivity contribution in [3.8, 4) is 0 Å². The Hall–Kier alpha value is -2.67. The molecular formula is C25H29N3O3S. The minimum Gasteiger partial charge on any atom is -0.344 e. The number of hydrogen-bond acceptors (Lipinski definition) is 4. The van der Waals surface area contributed by atoms with Gasteiger partial charge in [0.05, 0.1) is 6.04 Å². The van der Waals surface area contributed by atoms with Crippen LogP contribution in [0.2, 0.25) is 0 Å². The molecule has 1 atom stereocenters. The molecule has 1 saturated heterocycles. The molecule has 0 bridgehead atoms. The highest BCUT2D eigenvalue weighted by Gasteiger charge is 2.52. The Balaban J connectivity index is 1.28. The van der Waals surface area contributed by atoms with Crippen LogP contribution in [0.1, 0.15) is 72.6 Å². The van der Waals surface area contributed by atoms with Crippen LogP contribution in [0.3, 0.4) is 0 Å². The van der Waals surface area contributed by atoms with Crippen LogP contribution in [0.5, 0.6) is 0 Å². The van der Waals surface area contributed by atoms with Crippen molar-refractivity contribution in [3.05, 3.63) is 57.3 Å². The Morgan fingerprint density at radius 3 is 2.62 bits per heavy atom. The number of hydrogen-bond donors (Lipinski definition) is 2. The molecule has 1 aromatic heterocycles. The van der Waals surface area contributed by atoms with Gasteiger partial charge in [-0.05, 0) is 66.7 Å². The van der Waals surface area contributed by atoms with E-state index in [4.69, 9.17) is 0 Å². The normalized spacial score (nSPS) is 20.3. The van der Waals surface area contributed by atoms with E-state index in [1.165, 1.54) is 28.9 Å². The van der Waals surface area contributed by atoms with E-state index in [0.29, 0.717) is 12.8 Å². The average Bonchev–Trinajstić information content (AvgIpc) is 3.54. The lowest BCUT2D eigenvalue weighted by Crippen LogP contribution is -2.44. The predicted molar refractivity (Wildman–Crippen MR) is 123 cm³/mol. The first-order chi connectivity index (χ1) is 15.6. The minimum atomic E-state index is -0.726. The lowest BCUT2D eigenvalue weighted by atomic mass is 9.89. The smallest absolute Gasteiger partial charge is 0.325 e. The molecule has 2 aliphatic carbocycles. The zero-order valence-corrected chi connectivity index (χ0v) is 19.0. The van der Waals surface area contributed by atoms with Crippen molar-refractivity contribution >= 4 is 29.2 Å². The second kappa shape index (κ2) is 8.70. The highest BCUT2D eigenvalue weighted by atomic mass is 32.1. The molecular weight excluding hydrogens is 422 g/mol. The van der Waals surface area contributed by atoms with Crippen LogP contribution in [-0.4, -0.2) is 34.8 Å². The maximum absolute atomic E-state index is 12.9. The third kappa shape index (κ3) is 3.94. The van der Waals surface area contributed by atoms with Gasteiger partial charge in [-0.3, -0.25) is 14.5 Å². The van der Waals surface area contributed by atoms with Gasteiger partial charge in [0.15, 0.2) is 0 Å². The lowest BCUT2D eigenvalue weighted by Gasteiger charge is -2.23. The topological polar surface area (TPSA) is 78.5 Å². The molecule has 1 spiro atoms. The molecule has 0 radical (unpaired) electrons. The average molecular weight is 452 g/mol. The molecule has 32 heavy (non-hydrogen) atoms. The molecule has 1 aromatic carbocycles. The van der Waals surface area contributed by atoms with Crippen LogP contribution >= 0.6 is 11.3 Å². The Labute approximate surface area is 192 Å². The predicted octanol–water partition coefficient (Wildman–Crippen LogP) is 4.09. The van der Waals surface area contributed by atoms with E-state index in [0.717, 1.165) is 36.1 Å². The van der Waals surface area contributed by atoms with Crippen LogP contribution in [0.15, 0.2) is 35.7 Å². The molecule has 3 aliphatic rings. The summed E-state index contributed by atoms with van der Waals surface area (Å²) in [5.41, 5.74) is 3.15. The second-order valence-corrected chi connectivity index (χ2v) is 10.2. The van der Waals surface area contributed by atoms with E-state index in [-0.39, 0.29) is 36.9 Å². The molecule has 5 rings (SSSR count). The van der Waals surface area contributed by atoms with Crippen LogP contribution in [0.25, 0.3) is 0 Å². The summed E-state index contributed by atoms with van der Waals surface area (Å²) in [5.74, 6) is -0.327. The number of fused-ring (bicyclic) bond motifs is 1. The molecule has 2 N–H and O–H groups in total. The number of thiophene rings is 1. The van der Waals surface area contributed by atoms with Gasteiger partial charge in [0.2, 0.25) is 5.91 Å². The van der Waals surface area contributed by atoms with E-state index in [2.05, 4.69) is 28.8 Å².